The Labute approximate surface area is 117 Å². The van der Waals surface area contributed by atoms with Crippen molar-refractivity contribution >= 4 is 21.8 Å². The molecule has 0 spiro atoms. The van der Waals surface area contributed by atoms with Crippen molar-refractivity contribution in [3.05, 3.63) is 28.5 Å². The van der Waals surface area contributed by atoms with Crippen LogP contribution in [0.25, 0.3) is 0 Å². The number of rotatable bonds is 7. The summed E-state index contributed by atoms with van der Waals surface area (Å²) in [5.41, 5.74) is 0.455. The largest absolute Gasteiger partial charge is 0.349 e. The number of hydrogen-bond acceptors (Lipinski definition) is 3. The first-order chi connectivity index (χ1) is 8.67. The van der Waals surface area contributed by atoms with Crippen LogP contribution in [0.2, 0.25) is 0 Å². The third kappa shape index (κ3) is 5.14. The van der Waals surface area contributed by atoms with E-state index in [1.165, 1.54) is 0 Å². The molecule has 18 heavy (non-hydrogen) atoms. The molecule has 1 aromatic rings. The molecule has 0 atom stereocenters. The van der Waals surface area contributed by atoms with Crippen LogP contribution in [0.5, 0.6) is 0 Å². The van der Waals surface area contributed by atoms with Crippen LogP contribution < -0.4 is 5.32 Å². The van der Waals surface area contributed by atoms with Gasteiger partial charge in [0, 0.05) is 23.8 Å². The Kier molecular flexibility index (Phi) is 6.90. The first kappa shape index (κ1) is 15.1. The van der Waals surface area contributed by atoms with Crippen molar-refractivity contribution in [2.75, 3.05) is 26.2 Å². The Hall–Kier alpha value is -0.940. The molecule has 0 saturated heterocycles. The minimum Gasteiger partial charge on any atom is -0.349 e. The zero-order chi connectivity index (χ0) is 13.4. The fourth-order valence-electron chi connectivity index (χ4n) is 1.67. The second-order valence-electron chi connectivity index (χ2n) is 4.05. The van der Waals surface area contributed by atoms with Gasteiger partial charge in [0.1, 0.15) is 5.69 Å². The summed E-state index contributed by atoms with van der Waals surface area (Å²) >= 11 is 3.29. The van der Waals surface area contributed by atoms with E-state index in [1.807, 2.05) is 6.07 Å². The molecule has 1 rings (SSSR count). The van der Waals surface area contributed by atoms with Gasteiger partial charge in [0.25, 0.3) is 5.91 Å². The summed E-state index contributed by atoms with van der Waals surface area (Å²) in [6, 6.07) is 3.53. The molecule has 0 radical (unpaired) electrons. The van der Waals surface area contributed by atoms with E-state index in [2.05, 4.69) is 45.0 Å². The standard InChI is InChI=1S/C13H20BrN3O/c1-3-8-17(4-2)9-7-15-13(18)12-6-5-11(14)10-16-12/h5-6,10H,3-4,7-9H2,1-2H3,(H,15,18). The molecule has 0 unspecified atom stereocenters. The second-order valence-corrected chi connectivity index (χ2v) is 4.97. The molecule has 4 nitrogen and oxygen atoms in total. The highest BCUT2D eigenvalue weighted by Gasteiger charge is 2.07. The van der Waals surface area contributed by atoms with Gasteiger partial charge in [-0.25, -0.2) is 4.98 Å². The lowest BCUT2D eigenvalue weighted by atomic mass is 10.3. The van der Waals surface area contributed by atoms with Gasteiger partial charge in [-0.15, -0.1) is 0 Å². The summed E-state index contributed by atoms with van der Waals surface area (Å²) in [6.45, 7) is 7.92. The SMILES string of the molecule is CCCN(CC)CCNC(=O)c1ccc(Br)cn1. The van der Waals surface area contributed by atoms with E-state index < -0.39 is 0 Å². The first-order valence-electron chi connectivity index (χ1n) is 6.29. The highest BCUT2D eigenvalue weighted by Crippen LogP contribution is 2.07. The summed E-state index contributed by atoms with van der Waals surface area (Å²) < 4.78 is 0.874. The van der Waals surface area contributed by atoms with E-state index in [0.29, 0.717) is 12.2 Å². The summed E-state index contributed by atoms with van der Waals surface area (Å²) in [4.78, 5) is 18.2. The molecule has 0 aromatic carbocycles. The van der Waals surface area contributed by atoms with Crippen LogP contribution in [-0.2, 0) is 0 Å². The molecule has 100 valence electrons. The Bertz CT molecular complexity index is 367. The molecule has 0 aliphatic rings. The molecule has 0 aliphatic heterocycles. The molecular formula is C13H20BrN3O. The van der Waals surface area contributed by atoms with Crippen molar-refractivity contribution < 1.29 is 4.79 Å². The van der Waals surface area contributed by atoms with Crippen molar-refractivity contribution in [3.8, 4) is 0 Å². The third-order valence-corrected chi connectivity index (χ3v) is 3.13. The van der Waals surface area contributed by atoms with Crippen molar-refractivity contribution in [3.63, 3.8) is 0 Å². The van der Waals surface area contributed by atoms with Crippen molar-refractivity contribution in [2.45, 2.75) is 20.3 Å². The van der Waals surface area contributed by atoms with Crippen LogP contribution in [0.15, 0.2) is 22.8 Å². The fraction of sp³-hybridized carbons (Fsp3) is 0.538. The maximum Gasteiger partial charge on any atom is 0.269 e. The number of hydrogen-bond donors (Lipinski definition) is 1. The van der Waals surface area contributed by atoms with Gasteiger partial charge in [-0.3, -0.25) is 4.79 Å². The van der Waals surface area contributed by atoms with Gasteiger partial charge in [0.15, 0.2) is 0 Å². The lowest BCUT2D eigenvalue weighted by Gasteiger charge is -2.19. The van der Waals surface area contributed by atoms with Gasteiger partial charge >= 0.3 is 0 Å². The number of halogens is 1. The molecular weight excluding hydrogens is 294 g/mol. The van der Waals surface area contributed by atoms with E-state index in [4.69, 9.17) is 0 Å². The predicted molar refractivity (Wildman–Crippen MR) is 76.7 cm³/mol. The van der Waals surface area contributed by atoms with Crippen LogP contribution in [-0.4, -0.2) is 42.0 Å². The summed E-state index contributed by atoms with van der Waals surface area (Å²) in [5, 5.41) is 2.88. The van der Waals surface area contributed by atoms with Crippen molar-refractivity contribution in [1.82, 2.24) is 15.2 Å². The lowest BCUT2D eigenvalue weighted by molar-refractivity contribution is 0.0943. The van der Waals surface area contributed by atoms with Gasteiger partial charge in [0.05, 0.1) is 0 Å². The number of carbonyl (C=O) groups is 1. The van der Waals surface area contributed by atoms with Crippen molar-refractivity contribution in [2.24, 2.45) is 0 Å². The number of aromatic nitrogens is 1. The van der Waals surface area contributed by atoms with Gasteiger partial charge < -0.3 is 10.2 Å². The molecule has 0 aliphatic carbocycles. The molecule has 0 saturated carbocycles. The minimum atomic E-state index is -0.116. The third-order valence-electron chi connectivity index (χ3n) is 2.66. The molecule has 1 aromatic heterocycles. The first-order valence-corrected chi connectivity index (χ1v) is 7.08. The Morgan fingerprint density at radius 2 is 2.17 bits per heavy atom. The van der Waals surface area contributed by atoms with E-state index in [-0.39, 0.29) is 5.91 Å². The smallest absolute Gasteiger partial charge is 0.269 e. The number of carbonyl (C=O) groups excluding carboxylic acids is 1. The maximum absolute atomic E-state index is 11.8. The Morgan fingerprint density at radius 1 is 1.39 bits per heavy atom. The number of nitrogens with one attached hydrogen (secondary N) is 1. The second kappa shape index (κ2) is 8.21. The quantitative estimate of drug-likeness (QED) is 0.840. The normalized spacial score (nSPS) is 10.7. The highest BCUT2D eigenvalue weighted by atomic mass is 79.9. The summed E-state index contributed by atoms with van der Waals surface area (Å²) in [7, 11) is 0. The monoisotopic (exact) mass is 313 g/mol. The van der Waals surface area contributed by atoms with Crippen LogP contribution in [0.1, 0.15) is 30.8 Å². The van der Waals surface area contributed by atoms with Gasteiger partial charge in [-0.05, 0) is 47.6 Å². The zero-order valence-electron chi connectivity index (χ0n) is 10.9. The molecule has 1 N–H and O–H groups in total. The number of nitrogens with zero attached hydrogens (tertiary/aromatic N) is 2. The molecule has 5 heteroatoms. The zero-order valence-corrected chi connectivity index (χ0v) is 12.5. The highest BCUT2D eigenvalue weighted by molar-refractivity contribution is 9.10. The van der Waals surface area contributed by atoms with Crippen LogP contribution in [0.4, 0.5) is 0 Å². The number of amides is 1. The van der Waals surface area contributed by atoms with Crippen LogP contribution >= 0.6 is 15.9 Å². The molecule has 0 fully saturated rings. The van der Waals surface area contributed by atoms with E-state index in [0.717, 1.165) is 30.5 Å². The van der Waals surface area contributed by atoms with Gasteiger partial charge in [0.2, 0.25) is 0 Å². The maximum atomic E-state index is 11.8. The van der Waals surface area contributed by atoms with Crippen LogP contribution in [0, 0.1) is 0 Å². The molecule has 1 heterocycles. The minimum absolute atomic E-state index is 0.116. The topological polar surface area (TPSA) is 45.2 Å². The van der Waals surface area contributed by atoms with E-state index in [9.17, 15) is 4.79 Å². The average Bonchev–Trinajstić information content (AvgIpc) is 2.38. The lowest BCUT2D eigenvalue weighted by Crippen LogP contribution is -2.35. The van der Waals surface area contributed by atoms with Crippen LogP contribution in [0.3, 0.4) is 0 Å². The number of likely N-dealkylation sites (N-methyl/N-ethyl adjacent to an activating group) is 1. The summed E-state index contributed by atoms with van der Waals surface area (Å²) in [5.74, 6) is -0.116. The summed E-state index contributed by atoms with van der Waals surface area (Å²) in [6.07, 6.45) is 2.76. The van der Waals surface area contributed by atoms with E-state index >= 15 is 0 Å². The molecule has 1 amide bonds. The Balaban J connectivity index is 2.35. The Morgan fingerprint density at radius 3 is 2.72 bits per heavy atom. The van der Waals surface area contributed by atoms with Gasteiger partial charge in [-0.1, -0.05) is 13.8 Å². The average molecular weight is 314 g/mol. The molecule has 0 bridgehead atoms. The van der Waals surface area contributed by atoms with E-state index in [1.54, 1.807) is 12.3 Å². The predicted octanol–water partition coefficient (Wildman–Crippen LogP) is 2.31. The van der Waals surface area contributed by atoms with Gasteiger partial charge in [-0.2, -0.15) is 0 Å². The van der Waals surface area contributed by atoms with Crippen molar-refractivity contribution in [1.29, 1.82) is 0 Å². The number of pyridine rings is 1. The fourth-order valence-corrected chi connectivity index (χ4v) is 1.91.